The first-order valence-electron chi connectivity index (χ1n) is 6.54. The molecule has 1 unspecified atom stereocenters. The molecule has 96 valence electrons. The third-order valence-corrected chi connectivity index (χ3v) is 8.93. The van der Waals surface area contributed by atoms with Crippen molar-refractivity contribution < 1.29 is 0 Å². The van der Waals surface area contributed by atoms with E-state index in [1.165, 1.54) is 5.56 Å². The van der Waals surface area contributed by atoms with Crippen LogP contribution in [-0.2, 0) is 0 Å². The van der Waals surface area contributed by atoms with Crippen LogP contribution in [0, 0.1) is 0 Å². The van der Waals surface area contributed by atoms with Crippen LogP contribution in [0.4, 0.5) is 0 Å². The Kier molecular flexibility index (Phi) is 4.56. The minimum absolute atomic E-state index is 0.406. The van der Waals surface area contributed by atoms with Gasteiger partial charge in [-0.15, -0.1) is 0 Å². The van der Waals surface area contributed by atoms with E-state index in [0.717, 1.165) is 6.54 Å². The van der Waals surface area contributed by atoms with E-state index in [1.54, 1.807) is 0 Å². The molecule has 1 atom stereocenters. The molecule has 0 aliphatic rings. The number of hydrogen-bond donors (Lipinski definition) is 1. The zero-order valence-electron chi connectivity index (χ0n) is 12.2. The summed E-state index contributed by atoms with van der Waals surface area (Å²) in [5.74, 6) is 0.588. The highest BCUT2D eigenvalue weighted by atomic mass is 28.3. The van der Waals surface area contributed by atoms with Crippen molar-refractivity contribution in [3.8, 4) is 0 Å². The quantitative estimate of drug-likeness (QED) is 0.781. The van der Waals surface area contributed by atoms with Gasteiger partial charge >= 0.3 is 0 Å². The van der Waals surface area contributed by atoms with Crippen LogP contribution < -0.4 is 4.98 Å². The fourth-order valence-corrected chi connectivity index (χ4v) is 2.92. The molecule has 0 spiro atoms. The van der Waals surface area contributed by atoms with Crippen molar-refractivity contribution in [2.75, 3.05) is 6.54 Å². The summed E-state index contributed by atoms with van der Waals surface area (Å²) >= 11 is 0. The van der Waals surface area contributed by atoms with Crippen molar-refractivity contribution in [2.24, 2.45) is 0 Å². The highest BCUT2D eigenvalue weighted by Crippen LogP contribution is 2.34. The van der Waals surface area contributed by atoms with Crippen LogP contribution in [0.2, 0.25) is 18.1 Å². The van der Waals surface area contributed by atoms with E-state index in [-0.39, 0.29) is 0 Å². The van der Waals surface area contributed by atoms with Gasteiger partial charge in [-0.25, -0.2) is 0 Å². The molecular weight excluding hydrogens is 222 g/mol. The number of hydrogen-bond acceptors (Lipinski definition) is 1. The van der Waals surface area contributed by atoms with Crippen molar-refractivity contribution >= 4 is 8.24 Å². The van der Waals surface area contributed by atoms with E-state index in [9.17, 15) is 0 Å². The second-order valence-corrected chi connectivity index (χ2v) is 11.7. The first kappa shape index (κ1) is 14.5. The lowest BCUT2D eigenvalue weighted by Crippen LogP contribution is -2.53. The SMILES string of the molecule is CC(CN[Si](C)(C)C(C)(C)C)c1ccccc1. The molecule has 0 fully saturated rings. The standard InChI is InChI=1S/C15H27NSi/c1-13(14-10-8-7-9-11-14)12-16-17(5,6)15(2,3)4/h7-11,13,16H,12H2,1-6H3. The first-order chi connectivity index (χ1) is 7.74. The van der Waals surface area contributed by atoms with E-state index in [0.29, 0.717) is 11.0 Å². The van der Waals surface area contributed by atoms with Crippen LogP contribution in [0.25, 0.3) is 0 Å². The van der Waals surface area contributed by atoms with Crippen LogP contribution in [0.5, 0.6) is 0 Å². The van der Waals surface area contributed by atoms with Crippen molar-refractivity contribution in [3.05, 3.63) is 35.9 Å². The zero-order valence-corrected chi connectivity index (χ0v) is 13.2. The van der Waals surface area contributed by atoms with Gasteiger partial charge in [-0.1, -0.05) is 71.1 Å². The fraction of sp³-hybridized carbons (Fsp3) is 0.600. The van der Waals surface area contributed by atoms with Gasteiger partial charge in [0.1, 0.15) is 8.24 Å². The fourth-order valence-electron chi connectivity index (χ4n) is 1.57. The van der Waals surface area contributed by atoms with E-state index < -0.39 is 8.24 Å². The summed E-state index contributed by atoms with van der Waals surface area (Å²) in [6, 6.07) is 10.8. The highest BCUT2D eigenvalue weighted by molar-refractivity contribution is 6.77. The van der Waals surface area contributed by atoms with Crippen molar-refractivity contribution in [1.29, 1.82) is 0 Å². The Morgan fingerprint density at radius 1 is 1.12 bits per heavy atom. The maximum atomic E-state index is 3.84. The molecule has 0 saturated carbocycles. The van der Waals surface area contributed by atoms with E-state index in [1.807, 2.05) is 0 Å². The largest absolute Gasteiger partial charge is 0.336 e. The Labute approximate surface area is 108 Å². The number of rotatable bonds is 4. The summed E-state index contributed by atoms with van der Waals surface area (Å²) in [6.45, 7) is 15.3. The van der Waals surface area contributed by atoms with Gasteiger partial charge in [0.15, 0.2) is 0 Å². The lowest BCUT2D eigenvalue weighted by molar-refractivity contribution is 0.653. The van der Waals surface area contributed by atoms with Crippen LogP contribution in [-0.4, -0.2) is 14.8 Å². The molecule has 0 aliphatic carbocycles. The molecule has 0 saturated heterocycles. The molecule has 0 bridgehead atoms. The Morgan fingerprint density at radius 2 is 1.65 bits per heavy atom. The molecular formula is C15H27NSi. The second-order valence-electron chi connectivity index (χ2n) is 6.57. The van der Waals surface area contributed by atoms with Gasteiger partial charge in [0.2, 0.25) is 0 Å². The maximum absolute atomic E-state index is 3.84. The van der Waals surface area contributed by atoms with Crippen molar-refractivity contribution in [1.82, 2.24) is 4.98 Å². The van der Waals surface area contributed by atoms with Gasteiger partial charge in [0.25, 0.3) is 0 Å². The van der Waals surface area contributed by atoms with Crippen LogP contribution in [0.1, 0.15) is 39.2 Å². The van der Waals surface area contributed by atoms with Crippen LogP contribution >= 0.6 is 0 Å². The van der Waals surface area contributed by atoms with Crippen molar-refractivity contribution in [2.45, 2.75) is 51.7 Å². The molecule has 0 aromatic heterocycles. The maximum Gasteiger partial charge on any atom is 0.124 e. The summed E-state index contributed by atoms with van der Waals surface area (Å²) in [5.41, 5.74) is 1.43. The molecule has 0 amide bonds. The number of nitrogens with one attached hydrogen (secondary N) is 1. The summed E-state index contributed by atoms with van der Waals surface area (Å²) in [4.78, 5) is 3.84. The van der Waals surface area contributed by atoms with Gasteiger partial charge < -0.3 is 4.98 Å². The third kappa shape index (κ3) is 3.97. The predicted octanol–water partition coefficient (Wildman–Crippen LogP) is 4.38. The zero-order chi connectivity index (χ0) is 13.1. The molecule has 1 nitrogen and oxygen atoms in total. The molecule has 1 aromatic carbocycles. The van der Waals surface area contributed by atoms with Gasteiger partial charge in [0, 0.05) is 0 Å². The summed E-state index contributed by atoms with van der Waals surface area (Å²) < 4.78 is 0. The average Bonchev–Trinajstić information content (AvgIpc) is 2.25. The molecule has 2 heteroatoms. The van der Waals surface area contributed by atoms with Crippen LogP contribution in [0.3, 0.4) is 0 Å². The second kappa shape index (κ2) is 5.36. The lowest BCUT2D eigenvalue weighted by Gasteiger charge is -2.38. The minimum atomic E-state index is -1.35. The van der Waals surface area contributed by atoms with E-state index in [4.69, 9.17) is 0 Å². The lowest BCUT2D eigenvalue weighted by atomic mass is 10.0. The molecule has 0 heterocycles. The van der Waals surface area contributed by atoms with E-state index >= 15 is 0 Å². The molecule has 0 radical (unpaired) electrons. The summed E-state index contributed by atoms with van der Waals surface area (Å²) in [6.07, 6.45) is 0. The molecule has 1 aromatic rings. The predicted molar refractivity (Wildman–Crippen MR) is 80.1 cm³/mol. The van der Waals surface area contributed by atoms with Gasteiger partial charge in [-0.2, -0.15) is 0 Å². The molecule has 0 aliphatic heterocycles. The Bertz CT molecular complexity index is 338. The highest BCUT2D eigenvalue weighted by Gasteiger charge is 2.35. The van der Waals surface area contributed by atoms with Crippen molar-refractivity contribution in [3.63, 3.8) is 0 Å². The van der Waals surface area contributed by atoms with E-state index in [2.05, 4.69) is 76.1 Å². The topological polar surface area (TPSA) is 12.0 Å². The summed E-state index contributed by atoms with van der Waals surface area (Å²) in [7, 11) is -1.35. The Balaban J connectivity index is 2.58. The normalized spacial score (nSPS) is 14.7. The minimum Gasteiger partial charge on any atom is -0.336 e. The first-order valence-corrected chi connectivity index (χ1v) is 9.54. The van der Waals surface area contributed by atoms with Crippen LogP contribution in [0.15, 0.2) is 30.3 Å². The molecule has 17 heavy (non-hydrogen) atoms. The Morgan fingerprint density at radius 3 is 2.12 bits per heavy atom. The van der Waals surface area contributed by atoms with Gasteiger partial charge in [-0.05, 0) is 23.1 Å². The summed E-state index contributed by atoms with van der Waals surface area (Å²) in [5, 5.41) is 0.406. The smallest absolute Gasteiger partial charge is 0.124 e. The monoisotopic (exact) mass is 249 g/mol. The molecule has 1 N–H and O–H groups in total. The molecule has 1 rings (SSSR count). The van der Waals surface area contributed by atoms with Gasteiger partial charge in [0.05, 0.1) is 0 Å². The third-order valence-electron chi connectivity index (χ3n) is 4.09. The van der Waals surface area contributed by atoms with Gasteiger partial charge in [-0.3, -0.25) is 0 Å². The number of benzene rings is 1. The average molecular weight is 249 g/mol. The Hall–Kier alpha value is -0.603.